The number of methoxy groups -OCH3 is 1. The number of benzene rings is 2. The van der Waals surface area contributed by atoms with Gasteiger partial charge in [0, 0.05) is 16.5 Å². The molecule has 2 aromatic carbocycles. The molecule has 1 aliphatic heterocycles. The Kier molecular flexibility index (Phi) is 6.48. The molecule has 27 heavy (non-hydrogen) atoms. The molecule has 0 radical (unpaired) electrons. The number of amides is 1. The quantitative estimate of drug-likeness (QED) is 0.765. The molecule has 1 saturated heterocycles. The minimum atomic E-state index is -0.0815. The average molecular weight is 387 g/mol. The first-order valence-corrected chi connectivity index (χ1v) is 9.39. The molecule has 1 aliphatic rings. The topological polar surface area (TPSA) is 58.6 Å². The third kappa shape index (κ3) is 5.08. The standard InChI is InChI=1S/C21H23ClN2O3/c1-27-19-5-3-2-4-18(19)23-20(25)14-24-12-10-16(11-13-24)21(26)15-6-8-17(22)9-7-15/h2-9,16H,10-14H2,1H3,(H,23,25). The molecule has 0 unspecified atom stereocenters. The maximum Gasteiger partial charge on any atom is 0.238 e. The van der Waals surface area contributed by atoms with E-state index in [4.69, 9.17) is 16.3 Å². The van der Waals surface area contributed by atoms with E-state index in [1.165, 1.54) is 0 Å². The van der Waals surface area contributed by atoms with Crippen molar-refractivity contribution in [3.8, 4) is 5.75 Å². The minimum absolute atomic E-state index is 0.000274. The molecule has 142 valence electrons. The van der Waals surface area contributed by atoms with Gasteiger partial charge < -0.3 is 10.1 Å². The van der Waals surface area contributed by atoms with Crippen LogP contribution in [0.15, 0.2) is 48.5 Å². The van der Waals surface area contributed by atoms with E-state index < -0.39 is 0 Å². The highest BCUT2D eigenvalue weighted by Gasteiger charge is 2.26. The van der Waals surface area contributed by atoms with Crippen molar-refractivity contribution >= 4 is 29.0 Å². The minimum Gasteiger partial charge on any atom is -0.495 e. The van der Waals surface area contributed by atoms with Crippen LogP contribution >= 0.6 is 11.6 Å². The number of anilines is 1. The number of rotatable bonds is 6. The number of ketones is 1. The predicted octanol–water partition coefficient (Wildman–Crippen LogP) is 3.88. The Balaban J connectivity index is 1.49. The van der Waals surface area contributed by atoms with Gasteiger partial charge in [0.25, 0.3) is 0 Å². The fraction of sp³-hybridized carbons (Fsp3) is 0.333. The van der Waals surface area contributed by atoms with Crippen LogP contribution in [0.25, 0.3) is 0 Å². The van der Waals surface area contributed by atoms with Crippen LogP contribution in [0.4, 0.5) is 5.69 Å². The number of halogens is 1. The molecule has 5 nitrogen and oxygen atoms in total. The highest BCUT2D eigenvalue weighted by atomic mass is 35.5. The van der Waals surface area contributed by atoms with Crippen LogP contribution in [0, 0.1) is 5.92 Å². The lowest BCUT2D eigenvalue weighted by molar-refractivity contribution is -0.117. The highest BCUT2D eigenvalue weighted by molar-refractivity contribution is 6.30. The number of nitrogens with zero attached hydrogens (tertiary/aromatic N) is 1. The SMILES string of the molecule is COc1ccccc1NC(=O)CN1CCC(C(=O)c2ccc(Cl)cc2)CC1. The molecular formula is C21H23ClN2O3. The molecule has 1 amide bonds. The monoisotopic (exact) mass is 386 g/mol. The van der Waals surface area contributed by atoms with Crippen molar-refractivity contribution in [3.63, 3.8) is 0 Å². The second-order valence-electron chi connectivity index (χ2n) is 6.67. The van der Waals surface area contributed by atoms with Gasteiger partial charge in [-0.3, -0.25) is 14.5 Å². The van der Waals surface area contributed by atoms with Gasteiger partial charge in [0.2, 0.25) is 5.91 Å². The van der Waals surface area contributed by atoms with Crippen molar-refractivity contribution in [1.29, 1.82) is 0 Å². The summed E-state index contributed by atoms with van der Waals surface area (Å²) in [6, 6.07) is 14.4. The fourth-order valence-electron chi connectivity index (χ4n) is 3.34. The van der Waals surface area contributed by atoms with Crippen molar-refractivity contribution < 1.29 is 14.3 Å². The van der Waals surface area contributed by atoms with Crippen molar-refractivity contribution in [3.05, 3.63) is 59.1 Å². The van der Waals surface area contributed by atoms with Crippen LogP contribution in [-0.4, -0.2) is 43.3 Å². The summed E-state index contributed by atoms with van der Waals surface area (Å²) in [5.74, 6) is 0.713. The smallest absolute Gasteiger partial charge is 0.238 e. The van der Waals surface area contributed by atoms with Crippen LogP contribution in [0.1, 0.15) is 23.2 Å². The van der Waals surface area contributed by atoms with Gasteiger partial charge in [-0.05, 0) is 62.3 Å². The number of hydrogen-bond acceptors (Lipinski definition) is 4. The molecule has 6 heteroatoms. The first kappa shape index (κ1) is 19.4. The third-order valence-corrected chi connectivity index (χ3v) is 5.09. The zero-order valence-corrected chi connectivity index (χ0v) is 16.0. The molecule has 0 saturated carbocycles. The molecule has 1 heterocycles. The Bertz CT molecular complexity index is 799. The summed E-state index contributed by atoms with van der Waals surface area (Å²) in [4.78, 5) is 27.0. The van der Waals surface area contributed by atoms with Crippen LogP contribution in [-0.2, 0) is 4.79 Å². The van der Waals surface area contributed by atoms with E-state index in [1.54, 1.807) is 31.4 Å². The number of para-hydroxylation sites is 2. The van der Waals surface area contributed by atoms with Crippen LogP contribution in [0.3, 0.4) is 0 Å². The van der Waals surface area contributed by atoms with Gasteiger partial charge >= 0.3 is 0 Å². The Labute approximate surface area is 164 Å². The second kappa shape index (κ2) is 9.02. The molecule has 0 aliphatic carbocycles. The summed E-state index contributed by atoms with van der Waals surface area (Å²) >= 11 is 5.88. The Morgan fingerprint density at radius 1 is 1.11 bits per heavy atom. The molecule has 1 fully saturated rings. The van der Waals surface area contributed by atoms with E-state index in [-0.39, 0.29) is 17.6 Å². The van der Waals surface area contributed by atoms with E-state index in [0.29, 0.717) is 28.6 Å². The third-order valence-electron chi connectivity index (χ3n) is 4.84. The van der Waals surface area contributed by atoms with Gasteiger partial charge in [-0.2, -0.15) is 0 Å². The second-order valence-corrected chi connectivity index (χ2v) is 7.11. The van der Waals surface area contributed by atoms with Crippen LogP contribution < -0.4 is 10.1 Å². The summed E-state index contributed by atoms with van der Waals surface area (Å²) in [7, 11) is 1.58. The summed E-state index contributed by atoms with van der Waals surface area (Å²) in [6.07, 6.45) is 1.51. The Hall–Kier alpha value is -2.37. The van der Waals surface area contributed by atoms with Gasteiger partial charge in [-0.15, -0.1) is 0 Å². The summed E-state index contributed by atoms with van der Waals surface area (Å²) in [6.45, 7) is 1.76. The van der Waals surface area contributed by atoms with E-state index in [2.05, 4.69) is 10.2 Å². The lowest BCUT2D eigenvalue weighted by Gasteiger charge is -2.30. The maximum absolute atomic E-state index is 12.6. The molecule has 0 spiro atoms. The van der Waals surface area contributed by atoms with Gasteiger partial charge in [0.1, 0.15) is 5.75 Å². The van der Waals surface area contributed by atoms with Gasteiger partial charge in [-0.1, -0.05) is 23.7 Å². The van der Waals surface area contributed by atoms with E-state index >= 15 is 0 Å². The summed E-state index contributed by atoms with van der Waals surface area (Å²) in [5.41, 5.74) is 1.37. The van der Waals surface area contributed by atoms with Crippen molar-refractivity contribution in [1.82, 2.24) is 4.90 Å². The molecule has 0 aromatic heterocycles. The molecule has 0 atom stereocenters. The van der Waals surface area contributed by atoms with E-state index in [1.807, 2.05) is 24.3 Å². The van der Waals surface area contributed by atoms with E-state index in [9.17, 15) is 9.59 Å². The number of likely N-dealkylation sites (tertiary alicyclic amines) is 1. The number of carbonyl (C=O) groups excluding carboxylic acids is 2. The largest absolute Gasteiger partial charge is 0.495 e. The predicted molar refractivity (Wildman–Crippen MR) is 107 cm³/mol. The normalized spacial score (nSPS) is 15.3. The molecule has 3 rings (SSSR count). The highest BCUT2D eigenvalue weighted by Crippen LogP contribution is 2.24. The number of ether oxygens (including phenoxy) is 1. The summed E-state index contributed by atoms with van der Waals surface area (Å²) in [5, 5.41) is 3.52. The molecule has 2 aromatic rings. The van der Waals surface area contributed by atoms with E-state index in [0.717, 1.165) is 25.9 Å². The van der Waals surface area contributed by atoms with Crippen molar-refractivity contribution in [2.75, 3.05) is 32.1 Å². The molecule has 1 N–H and O–H groups in total. The summed E-state index contributed by atoms with van der Waals surface area (Å²) < 4.78 is 5.25. The Morgan fingerprint density at radius 2 is 1.78 bits per heavy atom. The van der Waals surface area contributed by atoms with Crippen molar-refractivity contribution in [2.45, 2.75) is 12.8 Å². The number of piperidine rings is 1. The van der Waals surface area contributed by atoms with Gasteiger partial charge in [0.15, 0.2) is 5.78 Å². The number of carbonyl (C=O) groups is 2. The molecule has 0 bridgehead atoms. The van der Waals surface area contributed by atoms with Crippen LogP contribution in [0.5, 0.6) is 5.75 Å². The first-order valence-electron chi connectivity index (χ1n) is 9.02. The number of Topliss-reactive ketones (excluding diaryl/α,β-unsaturated/α-hetero) is 1. The Morgan fingerprint density at radius 3 is 2.44 bits per heavy atom. The van der Waals surface area contributed by atoms with Crippen molar-refractivity contribution in [2.24, 2.45) is 5.92 Å². The average Bonchev–Trinajstić information content (AvgIpc) is 2.69. The molecular weight excluding hydrogens is 364 g/mol. The van der Waals surface area contributed by atoms with Gasteiger partial charge in [-0.25, -0.2) is 0 Å². The van der Waals surface area contributed by atoms with Crippen LogP contribution in [0.2, 0.25) is 5.02 Å². The zero-order chi connectivity index (χ0) is 19.2. The lowest BCUT2D eigenvalue weighted by Crippen LogP contribution is -2.40. The van der Waals surface area contributed by atoms with Gasteiger partial charge in [0.05, 0.1) is 19.3 Å². The first-order chi connectivity index (χ1) is 13.1. The number of nitrogens with one attached hydrogen (secondary N) is 1. The lowest BCUT2D eigenvalue weighted by atomic mass is 9.89. The zero-order valence-electron chi connectivity index (χ0n) is 15.3. The number of hydrogen-bond donors (Lipinski definition) is 1. The maximum atomic E-state index is 12.6. The fourth-order valence-corrected chi connectivity index (χ4v) is 3.47.